The SMILES string of the molecule is O=C(O)c1cccc(CNC2CCS(=O)(=O)CC2)n1. The molecule has 1 aliphatic rings. The Labute approximate surface area is 111 Å². The molecule has 1 aromatic rings. The Balaban J connectivity index is 1.89. The molecule has 6 nitrogen and oxygen atoms in total. The molecule has 0 amide bonds. The second-order valence-corrected chi connectivity index (χ2v) is 6.93. The summed E-state index contributed by atoms with van der Waals surface area (Å²) in [5.74, 6) is -0.619. The number of carboxylic acid groups (broad SMARTS) is 1. The van der Waals surface area contributed by atoms with Crippen LogP contribution in [-0.4, -0.2) is 42.0 Å². The number of sulfone groups is 1. The molecular formula is C12H16N2O4S. The molecule has 0 bridgehead atoms. The Morgan fingerprint density at radius 2 is 2.05 bits per heavy atom. The van der Waals surface area contributed by atoms with Gasteiger partial charge in [-0.1, -0.05) is 6.07 Å². The number of nitrogens with zero attached hydrogens (tertiary/aromatic N) is 1. The Morgan fingerprint density at radius 1 is 1.37 bits per heavy atom. The van der Waals surface area contributed by atoms with Crippen molar-refractivity contribution in [2.24, 2.45) is 0 Å². The largest absolute Gasteiger partial charge is 0.477 e. The fourth-order valence-corrected chi connectivity index (χ4v) is 3.53. The highest BCUT2D eigenvalue weighted by atomic mass is 32.2. The van der Waals surface area contributed by atoms with Gasteiger partial charge in [0.15, 0.2) is 0 Å². The van der Waals surface area contributed by atoms with Crippen molar-refractivity contribution >= 4 is 15.8 Å². The predicted molar refractivity (Wildman–Crippen MR) is 69.7 cm³/mol. The van der Waals surface area contributed by atoms with Crippen molar-refractivity contribution in [2.45, 2.75) is 25.4 Å². The van der Waals surface area contributed by atoms with Gasteiger partial charge in [-0.25, -0.2) is 18.2 Å². The van der Waals surface area contributed by atoms with Gasteiger partial charge in [0.25, 0.3) is 0 Å². The highest BCUT2D eigenvalue weighted by Crippen LogP contribution is 2.12. The number of hydrogen-bond donors (Lipinski definition) is 2. The van der Waals surface area contributed by atoms with Crippen LogP contribution in [0.15, 0.2) is 18.2 Å². The molecule has 1 fully saturated rings. The van der Waals surface area contributed by atoms with Crippen LogP contribution in [0.3, 0.4) is 0 Å². The molecule has 2 heterocycles. The van der Waals surface area contributed by atoms with Crippen LogP contribution in [0, 0.1) is 0 Å². The Morgan fingerprint density at radius 3 is 2.68 bits per heavy atom. The quantitative estimate of drug-likeness (QED) is 0.833. The number of nitrogens with one attached hydrogen (secondary N) is 1. The van der Waals surface area contributed by atoms with Crippen LogP contribution in [0.4, 0.5) is 0 Å². The van der Waals surface area contributed by atoms with Crippen LogP contribution < -0.4 is 5.32 Å². The van der Waals surface area contributed by atoms with Crippen molar-refractivity contribution in [3.63, 3.8) is 0 Å². The maximum Gasteiger partial charge on any atom is 0.354 e. The molecule has 1 aliphatic heterocycles. The van der Waals surface area contributed by atoms with E-state index in [2.05, 4.69) is 10.3 Å². The molecule has 0 aromatic carbocycles. The van der Waals surface area contributed by atoms with E-state index in [0.717, 1.165) is 0 Å². The normalized spacial score (nSPS) is 19.2. The smallest absolute Gasteiger partial charge is 0.354 e. The maximum absolute atomic E-state index is 11.3. The summed E-state index contributed by atoms with van der Waals surface area (Å²) >= 11 is 0. The van der Waals surface area contributed by atoms with E-state index in [4.69, 9.17) is 5.11 Å². The first kappa shape index (κ1) is 14.0. The average Bonchev–Trinajstić information content (AvgIpc) is 2.38. The summed E-state index contributed by atoms with van der Waals surface area (Å²) < 4.78 is 22.6. The molecule has 2 rings (SSSR count). The minimum atomic E-state index is -2.85. The van der Waals surface area contributed by atoms with E-state index in [1.165, 1.54) is 6.07 Å². The van der Waals surface area contributed by atoms with Crippen LogP contribution in [0.25, 0.3) is 0 Å². The van der Waals surface area contributed by atoms with Gasteiger partial charge in [-0.3, -0.25) is 0 Å². The molecule has 7 heteroatoms. The van der Waals surface area contributed by atoms with Crippen LogP contribution in [-0.2, 0) is 16.4 Å². The summed E-state index contributed by atoms with van der Waals surface area (Å²) in [7, 11) is -2.85. The standard InChI is InChI=1S/C12H16N2O4S/c15-12(16)11-3-1-2-10(14-11)8-13-9-4-6-19(17,18)7-5-9/h1-3,9,13H,4-8H2,(H,15,16). The van der Waals surface area contributed by atoms with Gasteiger partial charge in [0.05, 0.1) is 17.2 Å². The predicted octanol–water partition coefficient (Wildman–Crippen LogP) is 0.447. The molecule has 1 saturated heterocycles. The van der Waals surface area contributed by atoms with Crippen LogP contribution >= 0.6 is 0 Å². The van der Waals surface area contributed by atoms with Gasteiger partial charge in [-0.05, 0) is 25.0 Å². The molecule has 0 atom stereocenters. The third-order valence-electron chi connectivity index (χ3n) is 3.15. The zero-order chi connectivity index (χ0) is 13.9. The van der Waals surface area contributed by atoms with Gasteiger partial charge in [0.1, 0.15) is 15.5 Å². The topological polar surface area (TPSA) is 96.4 Å². The van der Waals surface area contributed by atoms with Crippen molar-refractivity contribution in [3.05, 3.63) is 29.6 Å². The van der Waals surface area contributed by atoms with E-state index in [-0.39, 0.29) is 23.2 Å². The van der Waals surface area contributed by atoms with Gasteiger partial charge in [-0.15, -0.1) is 0 Å². The van der Waals surface area contributed by atoms with E-state index in [9.17, 15) is 13.2 Å². The minimum Gasteiger partial charge on any atom is -0.477 e. The van der Waals surface area contributed by atoms with E-state index >= 15 is 0 Å². The number of aromatic carboxylic acids is 1. The highest BCUT2D eigenvalue weighted by Gasteiger charge is 2.23. The first-order chi connectivity index (χ1) is 8.96. The molecule has 0 unspecified atom stereocenters. The third kappa shape index (κ3) is 4.00. The Hall–Kier alpha value is -1.47. The zero-order valence-corrected chi connectivity index (χ0v) is 11.2. The summed E-state index contributed by atoms with van der Waals surface area (Å²) in [5, 5.41) is 12.1. The van der Waals surface area contributed by atoms with Crippen molar-refractivity contribution < 1.29 is 18.3 Å². The average molecular weight is 284 g/mol. The molecule has 104 valence electrons. The zero-order valence-electron chi connectivity index (χ0n) is 10.4. The van der Waals surface area contributed by atoms with Gasteiger partial charge in [-0.2, -0.15) is 0 Å². The summed E-state index contributed by atoms with van der Waals surface area (Å²) in [5.41, 5.74) is 0.666. The number of pyridine rings is 1. The number of aromatic nitrogens is 1. The minimum absolute atomic E-state index is 0.0190. The number of carboxylic acids is 1. The molecule has 0 saturated carbocycles. The number of carbonyl (C=O) groups is 1. The molecule has 0 spiro atoms. The van der Waals surface area contributed by atoms with Gasteiger partial charge >= 0.3 is 5.97 Å². The first-order valence-electron chi connectivity index (χ1n) is 6.09. The molecule has 0 aliphatic carbocycles. The third-order valence-corrected chi connectivity index (χ3v) is 4.87. The van der Waals surface area contributed by atoms with E-state index < -0.39 is 15.8 Å². The lowest BCUT2D eigenvalue weighted by atomic mass is 10.1. The summed E-state index contributed by atoms with van der Waals surface area (Å²) in [4.78, 5) is 14.8. The summed E-state index contributed by atoms with van der Waals surface area (Å²) in [6.07, 6.45) is 1.20. The Bertz CT molecular complexity index is 557. The van der Waals surface area contributed by atoms with Crippen molar-refractivity contribution in [1.29, 1.82) is 0 Å². The number of rotatable bonds is 4. The first-order valence-corrected chi connectivity index (χ1v) is 7.91. The van der Waals surface area contributed by atoms with Crippen molar-refractivity contribution in [2.75, 3.05) is 11.5 Å². The van der Waals surface area contributed by atoms with Gasteiger partial charge < -0.3 is 10.4 Å². The monoisotopic (exact) mass is 284 g/mol. The molecule has 0 radical (unpaired) electrons. The number of hydrogen-bond acceptors (Lipinski definition) is 5. The molecular weight excluding hydrogens is 268 g/mol. The lowest BCUT2D eigenvalue weighted by Crippen LogP contribution is -2.37. The van der Waals surface area contributed by atoms with E-state index in [1.54, 1.807) is 12.1 Å². The van der Waals surface area contributed by atoms with Crippen LogP contribution in [0.5, 0.6) is 0 Å². The fraction of sp³-hybridized carbons (Fsp3) is 0.500. The molecule has 19 heavy (non-hydrogen) atoms. The summed E-state index contributed by atoms with van der Waals surface area (Å²) in [6, 6.07) is 5.00. The maximum atomic E-state index is 11.3. The van der Waals surface area contributed by atoms with E-state index in [0.29, 0.717) is 25.1 Å². The Kier molecular flexibility index (Phi) is 4.16. The van der Waals surface area contributed by atoms with Crippen LogP contribution in [0.2, 0.25) is 0 Å². The van der Waals surface area contributed by atoms with Gasteiger partial charge in [0, 0.05) is 12.6 Å². The lowest BCUT2D eigenvalue weighted by Gasteiger charge is -2.22. The van der Waals surface area contributed by atoms with Crippen LogP contribution in [0.1, 0.15) is 29.0 Å². The fourth-order valence-electron chi connectivity index (χ4n) is 2.04. The van der Waals surface area contributed by atoms with Crippen molar-refractivity contribution in [3.8, 4) is 0 Å². The lowest BCUT2D eigenvalue weighted by molar-refractivity contribution is 0.0690. The molecule has 2 N–H and O–H groups in total. The second-order valence-electron chi connectivity index (χ2n) is 4.63. The van der Waals surface area contributed by atoms with E-state index in [1.807, 2.05) is 0 Å². The summed E-state index contributed by atoms with van der Waals surface area (Å²) in [6.45, 7) is 0.450. The van der Waals surface area contributed by atoms with Crippen molar-refractivity contribution in [1.82, 2.24) is 10.3 Å². The second kappa shape index (κ2) is 5.66. The van der Waals surface area contributed by atoms with Gasteiger partial charge in [0.2, 0.25) is 0 Å². The highest BCUT2D eigenvalue weighted by molar-refractivity contribution is 7.91. The molecule has 1 aromatic heterocycles.